The Morgan fingerprint density at radius 3 is 2.31 bits per heavy atom. The zero-order chi connectivity index (χ0) is 19.3. The molecule has 6 nitrogen and oxygen atoms in total. The summed E-state index contributed by atoms with van der Waals surface area (Å²) in [5, 5.41) is 11.8. The summed E-state index contributed by atoms with van der Waals surface area (Å²) in [6.45, 7) is 1.84. The highest BCUT2D eigenvalue weighted by Crippen LogP contribution is 2.21. The van der Waals surface area contributed by atoms with Crippen molar-refractivity contribution in [2.24, 2.45) is 0 Å². The van der Waals surface area contributed by atoms with Gasteiger partial charge in [0.05, 0.1) is 17.4 Å². The van der Waals surface area contributed by atoms with Gasteiger partial charge in [-0.05, 0) is 29.7 Å². The first-order valence-corrected chi connectivity index (χ1v) is 10.0. The number of hydrogen-bond donors (Lipinski definition) is 2. The van der Waals surface area contributed by atoms with E-state index in [1.165, 1.54) is 6.07 Å². The summed E-state index contributed by atoms with van der Waals surface area (Å²) in [6, 6.07) is 12.6. The predicted molar refractivity (Wildman–Crippen MR) is 97.8 cm³/mol. The first kappa shape index (κ1) is 19.7. The van der Waals surface area contributed by atoms with Gasteiger partial charge >= 0.3 is 5.97 Å². The number of rotatable bonds is 7. The van der Waals surface area contributed by atoms with Crippen LogP contribution < -0.4 is 5.32 Å². The number of amides is 1. The van der Waals surface area contributed by atoms with Gasteiger partial charge in [0.25, 0.3) is 5.91 Å². The number of nitrogens with one attached hydrogen (secondary N) is 1. The maximum absolute atomic E-state index is 12.6. The van der Waals surface area contributed by atoms with E-state index in [-0.39, 0.29) is 16.9 Å². The van der Waals surface area contributed by atoms with Gasteiger partial charge in [-0.1, -0.05) is 43.3 Å². The molecule has 0 aromatic heterocycles. The maximum Gasteiger partial charge on any atom is 0.305 e. The minimum Gasteiger partial charge on any atom is -0.481 e. The lowest BCUT2D eigenvalue weighted by Crippen LogP contribution is -2.30. The third-order valence-electron chi connectivity index (χ3n) is 4.00. The van der Waals surface area contributed by atoms with Gasteiger partial charge in [0, 0.05) is 11.8 Å². The number of hydrogen-bond acceptors (Lipinski definition) is 4. The van der Waals surface area contributed by atoms with Crippen LogP contribution in [0.4, 0.5) is 0 Å². The van der Waals surface area contributed by atoms with Crippen LogP contribution in [-0.4, -0.2) is 31.7 Å². The van der Waals surface area contributed by atoms with E-state index in [1.807, 2.05) is 6.92 Å². The Morgan fingerprint density at radius 1 is 1.12 bits per heavy atom. The molecular formula is C19H21NO5S. The Bertz CT molecular complexity index is 907. The molecule has 0 aliphatic carbocycles. The number of benzene rings is 2. The summed E-state index contributed by atoms with van der Waals surface area (Å²) < 4.78 is 23.9. The number of carboxylic acids is 1. The second-order valence-electron chi connectivity index (χ2n) is 5.98. The van der Waals surface area contributed by atoms with E-state index in [0.717, 1.165) is 6.26 Å². The van der Waals surface area contributed by atoms with Gasteiger partial charge in [-0.15, -0.1) is 0 Å². The first-order valence-electron chi connectivity index (χ1n) is 8.13. The van der Waals surface area contributed by atoms with E-state index < -0.39 is 27.8 Å². The van der Waals surface area contributed by atoms with Gasteiger partial charge in [0.1, 0.15) is 0 Å². The van der Waals surface area contributed by atoms with Crippen LogP contribution in [0.2, 0.25) is 0 Å². The Kier molecular flexibility index (Phi) is 6.15. The fraction of sp³-hybridized carbons (Fsp3) is 0.263. The van der Waals surface area contributed by atoms with Crippen molar-refractivity contribution in [3.63, 3.8) is 0 Å². The summed E-state index contributed by atoms with van der Waals surface area (Å²) in [5.74, 6) is -1.56. The van der Waals surface area contributed by atoms with E-state index in [1.54, 1.807) is 42.5 Å². The molecule has 0 bridgehead atoms. The van der Waals surface area contributed by atoms with Gasteiger partial charge in [-0.3, -0.25) is 9.59 Å². The van der Waals surface area contributed by atoms with Crippen LogP contribution in [0.3, 0.4) is 0 Å². The lowest BCUT2D eigenvalue weighted by molar-refractivity contribution is -0.137. The minimum absolute atomic E-state index is 0.113. The molecule has 0 radical (unpaired) electrons. The number of aryl methyl sites for hydroxylation is 1. The number of carbonyl (C=O) groups is 2. The van der Waals surface area contributed by atoms with Crippen LogP contribution in [0, 0.1) is 0 Å². The molecule has 0 spiro atoms. The molecule has 7 heteroatoms. The highest BCUT2D eigenvalue weighted by atomic mass is 32.2. The molecule has 0 fully saturated rings. The molecule has 0 aliphatic rings. The molecule has 26 heavy (non-hydrogen) atoms. The van der Waals surface area contributed by atoms with E-state index in [0.29, 0.717) is 17.5 Å². The van der Waals surface area contributed by atoms with Crippen molar-refractivity contribution in [2.75, 3.05) is 6.26 Å². The average molecular weight is 375 g/mol. The molecule has 0 saturated heterocycles. The lowest BCUT2D eigenvalue weighted by atomic mass is 10.0. The molecule has 2 aromatic carbocycles. The topological polar surface area (TPSA) is 101 Å². The van der Waals surface area contributed by atoms with E-state index in [9.17, 15) is 18.0 Å². The van der Waals surface area contributed by atoms with E-state index in [2.05, 4.69) is 5.32 Å². The molecule has 0 heterocycles. The molecule has 1 amide bonds. The zero-order valence-corrected chi connectivity index (χ0v) is 15.4. The number of aliphatic carboxylic acids is 1. The fourth-order valence-corrected chi connectivity index (χ4v) is 3.72. The van der Waals surface area contributed by atoms with Crippen LogP contribution >= 0.6 is 0 Å². The molecule has 0 saturated carbocycles. The number of carbonyl (C=O) groups excluding carboxylic acids is 1. The van der Waals surface area contributed by atoms with Crippen molar-refractivity contribution >= 4 is 21.7 Å². The molecule has 0 aliphatic heterocycles. The van der Waals surface area contributed by atoms with Crippen LogP contribution in [0.5, 0.6) is 0 Å². The molecule has 1 atom stereocenters. The summed E-state index contributed by atoms with van der Waals surface area (Å²) >= 11 is 0. The summed E-state index contributed by atoms with van der Waals surface area (Å²) in [5.41, 5.74) is 1.47. The molecule has 2 rings (SSSR count). The normalized spacial score (nSPS) is 12.4. The van der Waals surface area contributed by atoms with Crippen molar-refractivity contribution in [3.8, 4) is 0 Å². The standard InChI is InChI=1S/C19H21NO5S/c1-3-13-9-10-15(11-17(13)26(2,24)25)19(23)20-16(12-18(21)22)14-7-5-4-6-8-14/h4-11,16H,3,12H2,1-2H3,(H,20,23)(H,21,22). The largest absolute Gasteiger partial charge is 0.481 e. The Hall–Kier alpha value is -2.67. The molecule has 1 unspecified atom stereocenters. The quantitative estimate of drug-likeness (QED) is 0.775. The minimum atomic E-state index is -3.48. The van der Waals surface area contributed by atoms with E-state index >= 15 is 0 Å². The fourth-order valence-electron chi connectivity index (χ4n) is 2.69. The SMILES string of the molecule is CCc1ccc(C(=O)NC(CC(=O)O)c2ccccc2)cc1S(C)(=O)=O. The van der Waals surface area contributed by atoms with Gasteiger partial charge in [-0.25, -0.2) is 8.42 Å². The van der Waals surface area contributed by atoms with Crippen LogP contribution in [0.1, 0.15) is 40.9 Å². The Morgan fingerprint density at radius 2 is 1.77 bits per heavy atom. The highest BCUT2D eigenvalue weighted by Gasteiger charge is 2.21. The van der Waals surface area contributed by atoms with Gasteiger partial charge in [0.15, 0.2) is 9.84 Å². The van der Waals surface area contributed by atoms with Crippen molar-refractivity contribution in [1.29, 1.82) is 0 Å². The predicted octanol–water partition coefficient (Wildman–Crippen LogP) is 2.60. The number of sulfone groups is 1. The second-order valence-corrected chi connectivity index (χ2v) is 7.97. The van der Waals surface area contributed by atoms with Crippen molar-refractivity contribution < 1.29 is 23.1 Å². The Balaban J connectivity index is 2.34. The molecule has 2 N–H and O–H groups in total. The van der Waals surface area contributed by atoms with E-state index in [4.69, 9.17) is 5.11 Å². The first-order chi connectivity index (χ1) is 12.2. The Labute approximate surface area is 152 Å². The monoisotopic (exact) mass is 375 g/mol. The van der Waals surface area contributed by atoms with Crippen LogP contribution in [0.15, 0.2) is 53.4 Å². The summed E-state index contributed by atoms with van der Waals surface area (Å²) in [7, 11) is -3.48. The highest BCUT2D eigenvalue weighted by molar-refractivity contribution is 7.90. The van der Waals surface area contributed by atoms with Crippen LogP contribution in [-0.2, 0) is 21.1 Å². The lowest BCUT2D eigenvalue weighted by Gasteiger charge is -2.18. The second kappa shape index (κ2) is 8.14. The van der Waals surface area contributed by atoms with Crippen molar-refractivity contribution in [2.45, 2.75) is 30.7 Å². The van der Waals surface area contributed by atoms with Crippen LogP contribution in [0.25, 0.3) is 0 Å². The molecule has 138 valence electrons. The molecule has 2 aromatic rings. The van der Waals surface area contributed by atoms with Gasteiger partial charge in [-0.2, -0.15) is 0 Å². The average Bonchev–Trinajstić information content (AvgIpc) is 2.60. The molecular weight excluding hydrogens is 354 g/mol. The smallest absolute Gasteiger partial charge is 0.305 e. The van der Waals surface area contributed by atoms with Gasteiger partial charge < -0.3 is 10.4 Å². The number of carboxylic acid groups (broad SMARTS) is 1. The third kappa shape index (κ3) is 4.92. The summed E-state index contributed by atoms with van der Waals surface area (Å²) in [6.07, 6.45) is 1.35. The van der Waals surface area contributed by atoms with Gasteiger partial charge in [0.2, 0.25) is 0 Å². The summed E-state index contributed by atoms with van der Waals surface area (Å²) in [4.78, 5) is 23.8. The van der Waals surface area contributed by atoms with Crippen molar-refractivity contribution in [3.05, 3.63) is 65.2 Å². The third-order valence-corrected chi connectivity index (χ3v) is 5.17. The maximum atomic E-state index is 12.6. The zero-order valence-electron chi connectivity index (χ0n) is 14.6. The van der Waals surface area contributed by atoms with Crippen molar-refractivity contribution in [1.82, 2.24) is 5.32 Å².